The molecule has 0 spiro atoms. The number of rotatable bonds is 5. The van der Waals surface area contributed by atoms with Crippen LogP contribution in [0.4, 0.5) is 5.82 Å². The van der Waals surface area contributed by atoms with Crippen LogP contribution in [0.1, 0.15) is 11.3 Å². The SMILES string of the molecule is Cc1cnc(NC(=O)C(=O)N[C@@H](Cc2coc3ccccc23)B(O)O)cn1. The fraction of sp³-hybridized carbons (Fsp3) is 0.176. The van der Waals surface area contributed by atoms with E-state index in [1.54, 1.807) is 13.0 Å². The molecular weight excluding hydrogens is 351 g/mol. The standard InChI is InChI=1S/C17H17BN4O5/c1-10-7-20-15(8-19-10)22-17(24)16(23)21-14(18(25)26)6-11-9-27-13-5-3-2-4-12(11)13/h2-5,7-9,14,25-26H,6H2,1H3,(H,21,23)(H,20,22,24)/t14-/m0/s1. The van der Waals surface area contributed by atoms with Crippen LogP contribution < -0.4 is 10.6 Å². The van der Waals surface area contributed by atoms with Crippen LogP contribution in [-0.2, 0) is 16.0 Å². The lowest BCUT2D eigenvalue weighted by atomic mass is 9.76. The third-order valence-electron chi connectivity index (χ3n) is 3.91. The molecule has 0 aliphatic heterocycles. The number of carbonyl (C=O) groups excluding carboxylic acids is 2. The van der Waals surface area contributed by atoms with E-state index in [1.165, 1.54) is 18.7 Å². The Morgan fingerprint density at radius 2 is 1.96 bits per heavy atom. The van der Waals surface area contributed by atoms with Crippen LogP contribution in [0, 0.1) is 6.92 Å². The first kappa shape index (κ1) is 18.6. The van der Waals surface area contributed by atoms with Crippen molar-refractivity contribution in [3.63, 3.8) is 0 Å². The first-order valence-electron chi connectivity index (χ1n) is 8.16. The van der Waals surface area contributed by atoms with Gasteiger partial charge in [-0.1, -0.05) is 18.2 Å². The average molecular weight is 368 g/mol. The molecule has 0 saturated carbocycles. The summed E-state index contributed by atoms with van der Waals surface area (Å²) in [6, 6.07) is 7.23. The van der Waals surface area contributed by atoms with Gasteiger partial charge in [0, 0.05) is 5.39 Å². The van der Waals surface area contributed by atoms with Crippen molar-refractivity contribution in [2.24, 2.45) is 0 Å². The van der Waals surface area contributed by atoms with Gasteiger partial charge in [0.1, 0.15) is 5.58 Å². The fourth-order valence-corrected chi connectivity index (χ4v) is 2.52. The zero-order chi connectivity index (χ0) is 19.4. The Balaban J connectivity index is 1.67. The molecule has 2 aromatic heterocycles. The average Bonchev–Trinajstić information content (AvgIpc) is 3.06. The van der Waals surface area contributed by atoms with Crippen molar-refractivity contribution in [2.45, 2.75) is 19.3 Å². The number of benzene rings is 1. The van der Waals surface area contributed by atoms with Crippen molar-refractivity contribution in [1.29, 1.82) is 0 Å². The number of hydrogen-bond acceptors (Lipinski definition) is 7. The van der Waals surface area contributed by atoms with Crippen LogP contribution >= 0.6 is 0 Å². The van der Waals surface area contributed by atoms with Gasteiger partial charge < -0.3 is 25.1 Å². The molecule has 3 aromatic rings. The van der Waals surface area contributed by atoms with Crippen molar-refractivity contribution in [3.05, 3.63) is 54.2 Å². The van der Waals surface area contributed by atoms with Gasteiger partial charge in [0.15, 0.2) is 5.82 Å². The molecule has 9 nitrogen and oxygen atoms in total. The minimum atomic E-state index is -1.87. The summed E-state index contributed by atoms with van der Waals surface area (Å²) in [6.07, 6.45) is 4.31. The number of para-hydroxylation sites is 1. The lowest BCUT2D eigenvalue weighted by molar-refractivity contribution is -0.136. The largest absolute Gasteiger partial charge is 0.475 e. The molecule has 3 rings (SSSR count). The molecule has 27 heavy (non-hydrogen) atoms. The maximum absolute atomic E-state index is 12.1. The molecule has 4 N–H and O–H groups in total. The van der Waals surface area contributed by atoms with Gasteiger partial charge in [0.2, 0.25) is 0 Å². The summed E-state index contributed by atoms with van der Waals surface area (Å²) in [5.41, 5.74) is 1.97. The lowest BCUT2D eigenvalue weighted by Crippen LogP contribution is -2.51. The molecule has 0 radical (unpaired) electrons. The number of hydrogen-bond donors (Lipinski definition) is 4. The maximum atomic E-state index is 12.1. The molecule has 0 unspecified atom stereocenters. The highest BCUT2D eigenvalue weighted by Gasteiger charge is 2.29. The van der Waals surface area contributed by atoms with E-state index >= 15 is 0 Å². The van der Waals surface area contributed by atoms with Gasteiger partial charge in [-0.05, 0) is 25.0 Å². The first-order valence-corrected chi connectivity index (χ1v) is 8.16. The van der Waals surface area contributed by atoms with Gasteiger partial charge in [-0.25, -0.2) is 4.98 Å². The molecule has 0 fully saturated rings. The Bertz CT molecular complexity index is 957. The second-order valence-electron chi connectivity index (χ2n) is 5.95. The van der Waals surface area contributed by atoms with E-state index in [0.717, 1.165) is 5.39 Å². The number of carbonyl (C=O) groups is 2. The van der Waals surface area contributed by atoms with Gasteiger partial charge in [-0.15, -0.1) is 0 Å². The topological polar surface area (TPSA) is 138 Å². The molecule has 1 aromatic carbocycles. The number of amides is 2. The van der Waals surface area contributed by atoms with Crippen molar-refractivity contribution in [1.82, 2.24) is 15.3 Å². The number of furan rings is 1. The Hall–Kier alpha value is -3.24. The molecule has 0 saturated heterocycles. The Morgan fingerprint density at radius 3 is 2.67 bits per heavy atom. The number of aromatic nitrogens is 2. The minimum Gasteiger partial charge on any atom is -0.464 e. The van der Waals surface area contributed by atoms with Crippen LogP contribution in [-0.4, -0.2) is 44.9 Å². The third-order valence-corrected chi connectivity index (χ3v) is 3.91. The Morgan fingerprint density at radius 1 is 1.19 bits per heavy atom. The van der Waals surface area contributed by atoms with Crippen LogP contribution in [0.3, 0.4) is 0 Å². The zero-order valence-electron chi connectivity index (χ0n) is 14.4. The van der Waals surface area contributed by atoms with Crippen molar-refractivity contribution in [2.75, 3.05) is 5.32 Å². The van der Waals surface area contributed by atoms with Crippen LogP contribution in [0.25, 0.3) is 11.0 Å². The predicted octanol–water partition coefficient (Wildman–Crippen LogP) is 0.209. The van der Waals surface area contributed by atoms with Crippen LogP contribution in [0.15, 0.2) is 47.3 Å². The minimum absolute atomic E-state index is 0.0675. The molecule has 10 heteroatoms. The van der Waals surface area contributed by atoms with E-state index in [9.17, 15) is 19.6 Å². The number of anilines is 1. The summed E-state index contributed by atoms with van der Waals surface area (Å²) in [5.74, 6) is -3.00. The molecule has 0 aliphatic rings. The van der Waals surface area contributed by atoms with E-state index in [-0.39, 0.29) is 12.2 Å². The summed E-state index contributed by atoms with van der Waals surface area (Å²) in [6.45, 7) is 1.73. The van der Waals surface area contributed by atoms with Gasteiger partial charge in [0.05, 0.1) is 30.3 Å². The molecule has 0 bridgehead atoms. The van der Waals surface area contributed by atoms with E-state index in [0.29, 0.717) is 16.8 Å². The molecule has 138 valence electrons. The Kier molecular flexibility index (Phi) is 5.48. The summed E-state index contributed by atoms with van der Waals surface area (Å²) >= 11 is 0. The van der Waals surface area contributed by atoms with Crippen molar-refractivity contribution in [3.8, 4) is 0 Å². The highest BCUT2D eigenvalue weighted by molar-refractivity contribution is 6.46. The lowest BCUT2D eigenvalue weighted by Gasteiger charge is -2.17. The quantitative estimate of drug-likeness (QED) is 0.373. The fourth-order valence-electron chi connectivity index (χ4n) is 2.52. The monoisotopic (exact) mass is 368 g/mol. The molecule has 1 atom stereocenters. The van der Waals surface area contributed by atoms with Crippen LogP contribution in [0.5, 0.6) is 0 Å². The van der Waals surface area contributed by atoms with Crippen molar-refractivity contribution >= 4 is 35.7 Å². The third kappa shape index (κ3) is 4.49. The number of aryl methyl sites for hydroxylation is 1. The van der Waals surface area contributed by atoms with Gasteiger partial charge in [0.25, 0.3) is 0 Å². The summed E-state index contributed by atoms with van der Waals surface area (Å²) in [4.78, 5) is 32.0. The van der Waals surface area contributed by atoms with Gasteiger partial charge >= 0.3 is 18.9 Å². The molecule has 0 aliphatic carbocycles. The van der Waals surface area contributed by atoms with E-state index in [2.05, 4.69) is 20.6 Å². The summed E-state index contributed by atoms with van der Waals surface area (Å²) in [7, 11) is -1.87. The normalized spacial score (nSPS) is 11.8. The van der Waals surface area contributed by atoms with E-state index in [1.807, 2.05) is 18.2 Å². The predicted molar refractivity (Wildman–Crippen MR) is 97.4 cm³/mol. The second kappa shape index (κ2) is 7.98. The smallest absolute Gasteiger partial charge is 0.464 e. The molecule has 2 heterocycles. The summed E-state index contributed by atoms with van der Waals surface area (Å²) < 4.78 is 5.40. The van der Waals surface area contributed by atoms with Crippen molar-refractivity contribution < 1.29 is 24.1 Å². The molecular formula is C17H17BN4O5. The first-order chi connectivity index (χ1) is 12.9. The Labute approximate surface area is 154 Å². The number of fused-ring (bicyclic) bond motifs is 1. The highest BCUT2D eigenvalue weighted by Crippen LogP contribution is 2.22. The highest BCUT2D eigenvalue weighted by atomic mass is 16.4. The van der Waals surface area contributed by atoms with E-state index < -0.39 is 24.9 Å². The van der Waals surface area contributed by atoms with Crippen LogP contribution in [0.2, 0.25) is 0 Å². The number of nitrogens with zero attached hydrogens (tertiary/aromatic N) is 2. The van der Waals surface area contributed by atoms with Gasteiger partial charge in [-0.3, -0.25) is 14.6 Å². The van der Waals surface area contributed by atoms with Gasteiger partial charge in [-0.2, -0.15) is 0 Å². The zero-order valence-corrected chi connectivity index (χ0v) is 14.4. The number of nitrogens with one attached hydrogen (secondary N) is 2. The van der Waals surface area contributed by atoms with E-state index in [4.69, 9.17) is 4.42 Å². The maximum Gasteiger partial charge on any atom is 0.475 e. The summed E-state index contributed by atoms with van der Waals surface area (Å²) in [5, 5.41) is 24.6. The molecule has 2 amide bonds. The second-order valence-corrected chi connectivity index (χ2v) is 5.95.